The molecule has 9 atom stereocenters. The van der Waals surface area contributed by atoms with E-state index in [1.807, 2.05) is 19.1 Å². The minimum atomic E-state index is -1.95. The van der Waals surface area contributed by atoms with E-state index in [1.54, 1.807) is 112 Å². The summed E-state index contributed by atoms with van der Waals surface area (Å²) in [5.41, 5.74) is -2.55. The van der Waals surface area contributed by atoms with Crippen molar-refractivity contribution in [3.8, 4) is 0 Å². The first-order chi connectivity index (χ1) is 24.7. The lowest BCUT2D eigenvalue weighted by Gasteiger charge is -2.61. The Hall–Kier alpha value is -4.61. The molecule has 3 aromatic rings. The lowest BCUT2D eigenvalue weighted by molar-refractivity contribution is -0.221. The number of nitrogens with one attached hydrogen (secondary N) is 1. The van der Waals surface area contributed by atoms with E-state index < -0.39 is 76.8 Å². The molecule has 0 saturated heterocycles. The summed E-state index contributed by atoms with van der Waals surface area (Å²) in [4.78, 5) is 40.9. The minimum absolute atomic E-state index is 0.254. The van der Waals surface area contributed by atoms with Crippen molar-refractivity contribution >= 4 is 17.8 Å². The van der Waals surface area contributed by atoms with E-state index in [2.05, 4.69) is 5.32 Å². The van der Waals surface area contributed by atoms with Gasteiger partial charge in [0.2, 0.25) is 0 Å². The van der Waals surface area contributed by atoms with Crippen molar-refractivity contribution < 1.29 is 44.3 Å². The molecule has 274 valence electrons. The van der Waals surface area contributed by atoms with Gasteiger partial charge in [-0.25, -0.2) is 9.59 Å². The third kappa shape index (κ3) is 6.49. The summed E-state index contributed by atoms with van der Waals surface area (Å²) in [5.74, 6) is -3.01. The van der Waals surface area contributed by atoms with Crippen LogP contribution in [0.5, 0.6) is 0 Å². The Labute approximate surface area is 303 Å². The highest BCUT2D eigenvalue weighted by Gasteiger charge is 2.66. The van der Waals surface area contributed by atoms with Crippen molar-refractivity contribution in [2.24, 2.45) is 16.7 Å². The van der Waals surface area contributed by atoms with Crippen LogP contribution in [0.25, 0.3) is 0 Å². The van der Waals surface area contributed by atoms with Crippen LogP contribution in [-0.2, 0) is 14.3 Å². The first kappa shape index (κ1) is 37.2. The van der Waals surface area contributed by atoms with Crippen LogP contribution in [-0.4, -0.2) is 74.4 Å². The molecular formula is C42H47NO9. The summed E-state index contributed by atoms with van der Waals surface area (Å²) in [6, 6.07) is 24.1. The number of allylic oxidation sites excluding steroid dienone is 1. The van der Waals surface area contributed by atoms with Crippen LogP contribution < -0.4 is 5.32 Å². The fourth-order valence-electron chi connectivity index (χ4n) is 8.52. The molecule has 0 unspecified atom stereocenters. The number of ether oxygens (including phenoxy) is 2. The summed E-state index contributed by atoms with van der Waals surface area (Å²) < 4.78 is 12.3. The zero-order valence-corrected chi connectivity index (χ0v) is 29.8. The number of hydrogen-bond acceptors (Lipinski definition) is 9. The average Bonchev–Trinajstić information content (AvgIpc) is 3.15. The van der Waals surface area contributed by atoms with E-state index in [1.165, 1.54) is 0 Å². The van der Waals surface area contributed by atoms with Gasteiger partial charge in [-0.3, -0.25) is 4.79 Å². The van der Waals surface area contributed by atoms with E-state index >= 15 is 0 Å². The first-order valence-electron chi connectivity index (χ1n) is 17.7. The Morgan fingerprint density at radius 2 is 1.42 bits per heavy atom. The molecule has 0 heterocycles. The van der Waals surface area contributed by atoms with Crippen molar-refractivity contribution in [1.29, 1.82) is 0 Å². The van der Waals surface area contributed by atoms with Crippen LogP contribution in [0.15, 0.2) is 114 Å². The van der Waals surface area contributed by atoms with Crippen molar-refractivity contribution in [3.63, 3.8) is 0 Å². The number of aliphatic hydroxyl groups is 4. The van der Waals surface area contributed by atoms with Crippen molar-refractivity contribution in [1.82, 2.24) is 5.32 Å². The predicted octanol–water partition coefficient (Wildman–Crippen LogP) is 4.84. The van der Waals surface area contributed by atoms with Gasteiger partial charge in [0.25, 0.3) is 5.91 Å². The van der Waals surface area contributed by atoms with Gasteiger partial charge in [-0.15, -0.1) is 0 Å². The van der Waals surface area contributed by atoms with E-state index in [0.29, 0.717) is 29.5 Å². The number of fused-ring (bicyclic) bond motifs is 3. The quantitative estimate of drug-likeness (QED) is 0.163. The maximum Gasteiger partial charge on any atom is 0.338 e. The van der Waals surface area contributed by atoms with Crippen LogP contribution in [0, 0.1) is 16.7 Å². The molecule has 52 heavy (non-hydrogen) atoms. The molecule has 0 aromatic heterocycles. The minimum Gasteiger partial charge on any atom is -0.456 e. The van der Waals surface area contributed by atoms with Crippen LogP contribution in [0.1, 0.15) is 79.3 Å². The van der Waals surface area contributed by atoms with E-state index in [-0.39, 0.29) is 17.6 Å². The molecule has 10 nitrogen and oxygen atoms in total. The number of rotatable bonds is 8. The number of carbonyl (C=O) groups excluding carboxylic acids is 3. The third-order valence-corrected chi connectivity index (χ3v) is 11.7. The number of amides is 1. The molecule has 1 amide bonds. The number of benzene rings is 3. The molecule has 2 bridgehead atoms. The first-order valence-corrected chi connectivity index (χ1v) is 17.7. The molecular weight excluding hydrogens is 662 g/mol. The smallest absolute Gasteiger partial charge is 0.338 e. The number of aliphatic hydroxyl groups excluding tert-OH is 3. The summed E-state index contributed by atoms with van der Waals surface area (Å²) >= 11 is 0. The van der Waals surface area contributed by atoms with Crippen LogP contribution in [0.2, 0.25) is 0 Å². The second kappa shape index (κ2) is 14.4. The molecule has 5 N–H and O–H groups in total. The second-order valence-electron chi connectivity index (χ2n) is 15.0. The lowest BCUT2D eigenvalue weighted by atomic mass is 9.49. The van der Waals surface area contributed by atoms with Gasteiger partial charge in [-0.2, -0.15) is 0 Å². The fraction of sp³-hybridized carbons (Fsp3) is 0.405. The third-order valence-electron chi connectivity index (χ3n) is 11.7. The summed E-state index contributed by atoms with van der Waals surface area (Å²) in [5, 5.41) is 51.3. The number of hydrogen-bond donors (Lipinski definition) is 5. The van der Waals surface area contributed by atoms with Gasteiger partial charge in [-0.1, -0.05) is 99.7 Å². The zero-order valence-electron chi connectivity index (χ0n) is 29.8. The molecule has 6 rings (SSSR count). The molecule has 0 spiro atoms. The highest BCUT2D eigenvalue weighted by Crippen LogP contribution is 2.59. The molecule has 0 radical (unpaired) electrons. The summed E-state index contributed by atoms with van der Waals surface area (Å²) in [6.45, 7) is 6.93. The molecule has 10 heteroatoms. The van der Waals surface area contributed by atoms with Gasteiger partial charge in [0.15, 0.2) is 6.10 Å². The van der Waals surface area contributed by atoms with Gasteiger partial charge < -0.3 is 35.2 Å². The van der Waals surface area contributed by atoms with Gasteiger partial charge in [0.05, 0.1) is 17.7 Å². The SMILES string of the molecule is CC1=C2[C@@H](O)[C@H](O)[C@]3(C)CCC=C[C@H]3[C@H](OC(=O)c3ccccc3)[C@](O)(C[C@@H]1OC(=O)[C@H](O)[C@@H](NC(=O)c1ccccc1)c1ccccc1)C2(C)C. The summed E-state index contributed by atoms with van der Waals surface area (Å²) in [6.07, 6.45) is -2.61. The van der Waals surface area contributed by atoms with E-state index in [9.17, 15) is 34.8 Å². The van der Waals surface area contributed by atoms with Gasteiger partial charge >= 0.3 is 11.9 Å². The summed E-state index contributed by atoms with van der Waals surface area (Å²) in [7, 11) is 0. The number of esters is 2. The Balaban J connectivity index is 1.39. The Bertz CT molecular complexity index is 1840. The van der Waals surface area contributed by atoms with E-state index in [4.69, 9.17) is 9.47 Å². The van der Waals surface area contributed by atoms with Gasteiger partial charge in [0, 0.05) is 28.7 Å². The average molecular weight is 710 g/mol. The van der Waals surface area contributed by atoms with Gasteiger partial charge in [0.1, 0.15) is 23.9 Å². The van der Waals surface area contributed by atoms with Gasteiger partial charge in [-0.05, 0) is 60.7 Å². The fourth-order valence-corrected chi connectivity index (χ4v) is 8.52. The topological polar surface area (TPSA) is 163 Å². The lowest BCUT2D eigenvalue weighted by Crippen LogP contribution is -2.69. The standard InChI is InChI=1S/C42H47NO9/c1-25-30(51-39(49)34(45)32(26-16-8-5-9-17-26)43-37(47)27-18-10-6-11-19-27)24-42(50)36(52-38(48)28-20-12-7-13-21-28)29-22-14-15-23-41(29,4)35(46)33(44)31(25)40(42,2)3/h5-14,16-22,29-30,32-36,44-46,50H,15,23-24H2,1-4H3,(H,43,47)/t29-,30-,32-,33+,34+,35-,36-,41+,42+/m0/s1. The maximum atomic E-state index is 14.0. The second-order valence-corrected chi connectivity index (χ2v) is 15.0. The van der Waals surface area contributed by atoms with E-state index in [0.717, 1.165) is 0 Å². The highest BCUT2D eigenvalue weighted by molar-refractivity contribution is 5.95. The Kier molecular flexibility index (Phi) is 10.3. The van der Waals surface area contributed by atoms with Crippen LogP contribution in [0.3, 0.4) is 0 Å². The Morgan fingerprint density at radius 3 is 2.04 bits per heavy atom. The molecule has 3 aliphatic rings. The van der Waals surface area contributed by atoms with Crippen molar-refractivity contribution in [2.75, 3.05) is 0 Å². The largest absolute Gasteiger partial charge is 0.456 e. The van der Waals surface area contributed by atoms with Crippen molar-refractivity contribution in [3.05, 3.63) is 131 Å². The normalized spacial score (nSPS) is 30.5. The molecule has 1 saturated carbocycles. The van der Waals surface area contributed by atoms with Crippen LogP contribution in [0.4, 0.5) is 0 Å². The number of carbonyl (C=O) groups is 3. The van der Waals surface area contributed by atoms with Crippen LogP contribution >= 0.6 is 0 Å². The molecule has 3 aromatic carbocycles. The Morgan fingerprint density at radius 1 is 0.846 bits per heavy atom. The zero-order chi connectivity index (χ0) is 37.4. The maximum absolute atomic E-state index is 14.0. The monoisotopic (exact) mass is 709 g/mol. The van der Waals surface area contributed by atoms with Crippen molar-refractivity contribution in [2.45, 2.75) is 89.1 Å². The molecule has 3 aliphatic carbocycles. The molecule has 0 aliphatic heterocycles. The highest BCUT2D eigenvalue weighted by atomic mass is 16.6. The molecule has 1 fully saturated rings. The predicted molar refractivity (Wildman–Crippen MR) is 193 cm³/mol.